The number of hydrogen-bond donors (Lipinski definition) is 1. The zero-order chi connectivity index (χ0) is 17.9. The first-order chi connectivity index (χ1) is 11.7. The molecule has 2 heterocycles. The summed E-state index contributed by atoms with van der Waals surface area (Å²) >= 11 is 0. The van der Waals surface area contributed by atoms with Gasteiger partial charge in [0.15, 0.2) is 0 Å². The third-order valence-corrected chi connectivity index (χ3v) is 4.14. The second-order valence-corrected chi connectivity index (χ2v) is 5.70. The van der Waals surface area contributed by atoms with Crippen LogP contribution in [0.2, 0.25) is 0 Å². The van der Waals surface area contributed by atoms with E-state index in [0.717, 1.165) is 31.6 Å². The lowest BCUT2D eigenvalue weighted by Crippen LogP contribution is -2.24. The van der Waals surface area contributed by atoms with Crippen LogP contribution >= 0.6 is 0 Å². The van der Waals surface area contributed by atoms with E-state index < -0.39 is 0 Å². The fraction of sp³-hybridized carbons (Fsp3) is 0.409. The van der Waals surface area contributed by atoms with Gasteiger partial charge in [-0.05, 0) is 69.5 Å². The van der Waals surface area contributed by atoms with Crippen LogP contribution in [-0.4, -0.2) is 18.1 Å². The Kier molecular flexibility index (Phi) is 9.03. The molecule has 24 heavy (non-hydrogen) atoms. The second kappa shape index (κ2) is 10.8. The molecule has 0 spiro atoms. The molecule has 0 atom stereocenters. The molecule has 0 aromatic carbocycles. The van der Waals surface area contributed by atoms with Gasteiger partial charge in [0, 0.05) is 11.8 Å². The molecule has 2 nitrogen and oxygen atoms in total. The maximum absolute atomic E-state index is 4.69. The van der Waals surface area contributed by atoms with Crippen molar-refractivity contribution in [3.8, 4) is 0 Å². The van der Waals surface area contributed by atoms with E-state index in [4.69, 9.17) is 4.98 Å². The maximum Gasteiger partial charge on any atom is 0.0736 e. The van der Waals surface area contributed by atoms with E-state index in [-0.39, 0.29) is 0 Å². The molecule has 1 aliphatic rings. The van der Waals surface area contributed by atoms with Gasteiger partial charge in [0.05, 0.1) is 5.69 Å². The van der Waals surface area contributed by atoms with Crippen molar-refractivity contribution in [2.45, 2.75) is 47.5 Å². The largest absolute Gasteiger partial charge is 0.316 e. The zero-order valence-corrected chi connectivity index (χ0v) is 15.9. The molecular weight excluding hydrogens is 292 g/mol. The highest BCUT2D eigenvalue weighted by atomic mass is 14.9. The van der Waals surface area contributed by atoms with E-state index in [1.54, 1.807) is 0 Å². The number of rotatable bonds is 4. The van der Waals surface area contributed by atoms with Gasteiger partial charge in [-0.1, -0.05) is 50.3 Å². The van der Waals surface area contributed by atoms with Crippen LogP contribution < -0.4 is 5.32 Å². The molecule has 0 radical (unpaired) electrons. The highest BCUT2D eigenvalue weighted by Crippen LogP contribution is 2.34. The fourth-order valence-corrected chi connectivity index (χ4v) is 2.90. The third-order valence-electron chi connectivity index (χ3n) is 4.14. The molecule has 0 saturated carbocycles. The van der Waals surface area contributed by atoms with Crippen LogP contribution in [0.4, 0.5) is 0 Å². The van der Waals surface area contributed by atoms with E-state index in [1.165, 1.54) is 27.9 Å². The number of aryl methyl sites for hydroxylation is 1. The molecule has 1 saturated heterocycles. The highest BCUT2D eigenvalue weighted by molar-refractivity contribution is 5.85. The van der Waals surface area contributed by atoms with Gasteiger partial charge in [0.1, 0.15) is 0 Å². The molecule has 130 valence electrons. The number of allylic oxidation sites excluding steroid dienone is 6. The molecule has 2 heteroatoms. The van der Waals surface area contributed by atoms with Gasteiger partial charge in [0.25, 0.3) is 0 Å². The number of hydrogen-bond acceptors (Lipinski definition) is 2. The van der Waals surface area contributed by atoms with E-state index in [9.17, 15) is 0 Å². The molecule has 1 aromatic heterocycles. The Bertz CT molecular complexity index is 625. The molecule has 0 aliphatic carbocycles. The Morgan fingerprint density at radius 3 is 2.46 bits per heavy atom. The Labute approximate surface area is 148 Å². The predicted molar refractivity (Wildman–Crippen MR) is 107 cm³/mol. The van der Waals surface area contributed by atoms with Crippen LogP contribution in [0, 0.1) is 6.92 Å². The molecule has 0 bridgehead atoms. The summed E-state index contributed by atoms with van der Waals surface area (Å²) in [7, 11) is 0. The summed E-state index contributed by atoms with van der Waals surface area (Å²) < 4.78 is 0. The predicted octanol–water partition coefficient (Wildman–Crippen LogP) is 5.63. The summed E-state index contributed by atoms with van der Waals surface area (Å²) in [5, 5.41) is 3.44. The quantitative estimate of drug-likeness (QED) is 0.726. The van der Waals surface area contributed by atoms with Crippen molar-refractivity contribution in [1.82, 2.24) is 10.3 Å². The first-order valence-corrected chi connectivity index (χ1v) is 9.00. The Hall–Kier alpha value is -1.93. The van der Waals surface area contributed by atoms with Gasteiger partial charge >= 0.3 is 0 Å². The van der Waals surface area contributed by atoms with Crippen LogP contribution in [0.5, 0.6) is 0 Å². The Morgan fingerprint density at radius 2 is 1.92 bits per heavy atom. The molecule has 1 aromatic rings. The molecule has 1 aliphatic heterocycles. The first-order valence-electron chi connectivity index (χ1n) is 9.00. The van der Waals surface area contributed by atoms with Crippen molar-refractivity contribution in [1.29, 1.82) is 0 Å². The van der Waals surface area contributed by atoms with Gasteiger partial charge in [-0.2, -0.15) is 0 Å². The monoisotopic (exact) mass is 324 g/mol. The van der Waals surface area contributed by atoms with Crippen molar-refractivity contribution in [3.63, 3.8) is 0 Å². The SMILES string of the molecule is C=C/C(C)=C(\C=C/C)C(=C1CCNCC1)c1ncccc1C.CC. The van der Waals surface area contributed by atoms with Gasteiger partial charge < -0.3 is 5.32 Å². The second-order valence-electron chi connectivity index (χ2n) is 5.70. The topological polar surface area (TPSA) is 24.9 Å². The minimum Gasteiger partial charge on any atom is -0.316 e. The molecule has 0 amide bonds. The van der Waals surface area contributed by atoms with Crippen LogP contribution in [0.15, 0.2) is 59.9 Å². The first kappa shape index (κ1) is 20.1. The minimum absolute atomic E-state index is 1.04. The minimum atomic E-state index is 1.04. The molecule has 1 fully saturated rings. The molecule has 2 rings (SSSR count). The van der Waals surface area contributed by atoms with Crippen molar-refractivity contribution in [3.05, 3.63) is 71.1 Å². The third kappa shape index (κ3) is 5.04. The summed E-state index contributed by atoms with van der Waals surface area (Å²) in [6.07, 6.45) is 10.3. The standard InChI is InChI=1S/C20H26N2.C2H6/c1-5-8-18(15(3)6-2)19(17-10-13-21-14-11-17)20-16(4)9-7-12-22-20;1-2/h5-9,12,21H,2,10-11,13-14H2,1,3-4H3;1-2H3/b8-5-,18-15+;. The number of piperidine rings is 1. The van der Waals surface area contributed by atoms with Crippen LogP contribution in [0.3, 0.4) is 0 Å². The van der Waals surface area contributed by atoms with Gasteiger partial charge in [-0.3, -0.25) is 4.98 Å². The van der Waals surface area contributed by atoms with E-state index in [0.29, 0.717) is 0 Å². The lowest BCUT2D eigenvalue weighted by Gasteiger charge is -2.23. The van der Waals surface area contributed by atoms with E-state index in [2.05, 4.69) is 50.9 Å². The molecule has 1 N–H and O–H groups in total. The van der Waals surface area contributed by atoms with Crippen LogP contribution in [0.1, 0.15) is 51.8 Å². The van der Waals surface area contributed by atoms with Crippen molar-refractivity contribution in [2.75, 3.05) is 13.1 Å². The number of aromatic nitrogens is 1. The van der Waals surface area contributed by atoms with Crippen molar-refractivity contribution < 1.29 is 0 Å². The summed E-state index contributed by atoms with van der Waals surface area (Å²) in [4.78, 5) is 4.69. The number of pyridine rings is 1. The normalized spacial score (nSPS) is 15.5. The van der Waals surface area contributed by atoms with Gasteiger partial charge in [-0.25, -0.2) is 0 Å². The summed E-state index contributed by atoms with van der Waals surface area (Å²) in [6, 6.07) is 4.14. The fourth-order valence-electron chi connectivity index (χ4n) is 2.90. The van der Waals surface area contributed by atoms with E-state index in [1.807, 2.05) is 32.2 Å². The lowest BCUT2D eigenvalue weighted by atomic mass is 9.87. The van der Waals surface area contributed by atoms with Gasteiger partial charge in [-0.15, -0.1) is 0 Å². The number of nitrogens with one attached hydrogen (secondary N) is 1. The number of nitrogens with zero attached hydrogens (tertiary/aromatic N) is 1. The summed E-state index contributed by atoms with van der Waals surface area (Å²) in [5.74, 6) is 0. The van der Waals surface area contributed by atoms with Crippen molar-refractivity contribution in [2.24, 2.45) is 0 Å². The Morgan fingerprint density at radius 1 is 1.25 bits per heavy atom. The van der Waals surface area contributed by atoms with Crippen LogP contribution in [0.25, 0.3) is 5.57 Å². The smallest absolute Gasteiger partial charge is 0.0736 e. The molecule has 0 unspecified atom stereocenters. The summed E-state index contributed by atoms with van der Waals surface area (Å²) in [6.45, 7) is 16.4. The van der Waals surface area contributed by atoms with Crippen LogP contribution in [-0.2, 0) is 0 Å². The van der Waals surface area contributed by atoms with E-state index >= 15 is 0 Å². The average molecular weight is 325 g/mol. The Balaban J connectivity index is 0.00000139. The maximum atomic E-state index is 4.69. The summed E-state index contributed by atoms with van der Waals surface area (Å²) in [5.41, 5.74) is 7.57. The lowest BCUT2D eigenvalue weighted by molar-refractivity contribution is 0.611. The highest BCUT2D eigenvalue weighted by Gasteiger charge is 2.18. The zero-order valence-electron chi connectivity index (χ0n) is 15.9. The molecular formula is C22H32N2. The average Bonchev–Trinajstić information content (AvgIpc) is 2.64. The van der Waals surface area contributed by atoms with Crippen molar-refractivity contribution >= 4 is 5.57 Å². The van der Waals surface area contributed by atoms with Gasteiger partial charge in [0.2, 0.25) is 0 Å².